The van der Waals surface area contributed by atoms with Crippen molar-refractivity contribution in [2.45, 2.75) is 77.4 Å². The summed E-state index contributed by atoms with van der Waals surface area (Å²) in [5.74, 6) is 2.11. The lowest BCUT2D eigenvalue weighted by Crippen LogP contribution is -2.41. The Morgan fingerprint density at radius 2 is 1.60 bits per heavy atom. The molecule has 8 nitrogen and oxygen atoms in total. The maximum atomic E-state index is 13.4. The van der Waals surface area contributed by atoms with Gasteiger partial charge in [0.25, 0.3) is 0 Å². The molecule has 0 saturated carbocycles. The molecule has 0 saturated heterocycles. The molecule has 0 fully saturated rings. The number of unbranched alkanes of at least 4 members (excludes halogenated alkanes) is 1. The molecule has 254 valence electrons. The number of benzene rings is 4. The van der Waals surface area contributed by atoms with Crippen LogP contribution >= 0.6 is 0 Å². The summed E-state index contributed by atoms with van der Waals surface area (Å²) in [5, 5.41) is 5.52. The van der Waals surface area contributed by atoms with Gasteiger partial charge in [-0.05, 0) is 72.1 Å². The monoisotopic (exact) mass is 667 g/mol. The minimum absolute atomic E-state index is 0.150. The molecule has 0 spiro atoms. The normalized spacial score (nSPS) is 12.6. The van der Waals surface area contributed by atoms with Gasteiger partial charge in [-0.3, -0.25) is 0 Å². The highest BCUT2D eigenvalue weighted by Crippen LogP contribution is 2.37. The van der Waals surface area contributed by atoms with Crippen LogP contribution < -0.4 is 14.8 Å². The van der Waals surface area contributed by atoms with Gasteiger partial charge in [-0.1, -0.05) is 87.5 Å². The standard InChI is InChI=1S/C39H49N3O5Si/c1-39(2,3)48(6,7)47-24-14-13-19-32(40-38(43)46-27-28-15-9-8-10-16-28)37-41-36-31-18-12-11-17-30(31)21-22-33(36)42(37)26-29-20-23-34(44-4)35(25-29)45-5/h8-12,15-18,20-23,25,32H,13-14,19,24,26-27H2,1-7H3,(H,40,43)/t32-/m0/s1. The zero-order valence-corrected chi connectivity index (χ0v) is 30.3. The van der Waals surface area contributed by atoms with Crippen molar-refractivity contribution in [3.8, 4) is 11.5 Å². The quantitative estimate of drug-likeness (QED) is 0.0939. The fourth-order valence-electron chi connectivity index (χ4n) is 5.64. The maximum Gasteiger partial charge on any atom is 0.408 e. The third kappa shape index (κ3) is 8.20. The van der Waals surface area contributed by atoms with Gasteiger partial charge < -0.3 is 28.5 Å². The van der Waals surface area contributed by atoms with E-state index in [1.54, 1.807) is 14.2 Å². The van der Waals surface area contributed by atoms with Gasteiger partial charge in [0.05, 0.1) is 31.3 Å². The molecule has 1 aromatic heterocycles. The van der Waals surface area contributed by atoms with Gasteiger partial charge in [-0.25, -0.2) is 9.78 Å². The van der Waals surface area contributed by atoms with Gasteiger partial charge in [0, 0.05) is 18.5 Å². The lowest BCUT2D eigenvalue weighted by molar-refractivity contribution is 0.134. The topological polar surface area (TPSA) is 83.8 Å². The lowest BCUT2D eigenvalue weighted by atomic mass is 10.1. The Hall–Kier alpha value is -4.34. The van der Waals surface area contributed by atoms with Crippen LogP contribution in [0, 0.1) is 0 Å². The zero-order chi connectivity index (χ0) is 34.3. The van der Waals surface area contributed by atoms with Crippen LogP contribution in [-0.4, -0.2) is 44.8 Å². The third-order valence-corrected chi connectivity index (χ3v) is 14.0. The van der Waals surface area contributed by atoms with E-state index in [0.717, 1.165) is 51.6 Å². The Kier molecular flexibility index (Phi) is 11.1. The fraction of sp³-hybridized carbons (Fsp3) is 0.385. The average Bonchev–Trinajstić information content (AvgIpc) is 3.44. The summed E-state index contributed by atoms with van der Waals surface area (Å²) in [7, 11) is 1.42. The Morgan fingerprint density at radius 3 is 2.33 bits per heavy atom. The van der Waals surface area contributed by atoms with E-state index >= 15 is 0 Å². The van der Waals surface area contributed by atoms with Crippen LogP contribution in [0.4, 0.5) is 4.79 Å². The molecule has 48 heavy (non-hydrogen) atoms. The number of alkyl carbamates (subject to hydrolysis) is 1. The van der Waals surface area contributed by atoms with Gasteiger partial charge in [-0.15, -0.1) is 0 Å². The Bertz CT molecular complexity index is 1830. The molecule has 1 atom stereocenters. The Morgan fingerprint density at radius 1 is 0.875 bits per heavy atom. The first-order chi connectivity index (χ1) is 23.0. The molecule has 0 bridgehead atoms. The lowest BCUT2D eigenvalue weighted by Gasteiger charge is -2.36. The first-order valence-corrected chi connectivity index (χ1v) is 19.6. The first kappa shape index (κ1) is 35.0. The predicted molar refractivity (Wildman–Crippen MR) is 195 cm³/mol. The van der Waals surface area contributed by atoms with Crippen molar-refractivity contribution in [3.05, 3.63) is 102 Å². The van der Waals surface area contributed by atoms with E-state index in [4.69, 9.17) is 23.6 Å². The number of carbonyl (C=O) groups excluding carboxylic acids is 1. The number of fused-ring (bicyclic) bond motifs is 3. The molecule has 4 aromatic carbocycles. The van der Waals surface area contributed by atoms with Crippen LogP contribution in [0.25, 0.3) is 21.8 Å². The van der Waals surface area contributed by atoms with E-state index in [-0.39, 0.29) is 11.6 Å². The molecule has 1 heterocycles. The van der Waals surface area contributed by atoms with E-state index in [9.17, 15) is 4.79 Å². The summed E-state index contributed by atoms with van der Waals surface area (Å²) in [4.78, 5) is 18.6. The molecule has 9 heteroatoms. The van der Waals surface area contributed by atoms with Crippen LogP contribution in [0.2, 0.25) is 18.1 Å². The number of amides is 1. The SMILES string of the molecule is COc1ccc(Cn2c([C@H](CCCCO[Si](C)(C)C(C)(C)C)NC(=O)OCc3ccccc3)nc3c4ccccc4ccc32)cc1OC. The van der Waals surface area contributed by atoms with E-state index in [1.807, 2.05) is 60.7 Å². The van der Waals surface area contributed by atoms with E-state index < -0.39 is 20.5 Å². The maximum absolute atomic E-state index is 13.4. The molecule has 0 aliphatic heterocycles. The van der Waals surface area contributed by atoms with Gasteiger partial charge in [0.2, 0.25) is 0 Å². The number of nitrogens with one attached hydrogen (secondary N) is 1. The number of methoxy groups -OCH3 is 2. The molecule has 5 rings (SSSR count). The number of aromatic nitrogens is 2. The van der Waals surface area contributed by atoms with Crippen molar-refractivity contribution in [1.82, 2.24) is 14.9 Å². The summed E-state index contributed by atoms with van der Waals surface area (Å²) >= 11 is 0. The van der Waals surface area contributed by atoms with Crippen LogP contribution in [0.15, 0.2) is 84.9 Å². The van der Waals surface area contributed by atoms with Gasteiger partial charge in [-0.2, -0.15) is 0 Å². The molecule has 5 aromatic rings. The first-order valence-electron chi connectivity index (χ1n) is 16.7. The number of ether oxygens (including phenoxy) is 3. The molecule has 1 amide bonds. The minimum atomic E-state index is -1.86. The molecule has 0 unspecified atom stereocenters. The number of imidazole rings is 1. The van der Waals surface area contributed by atoms with Crippen molar-refractivity contribution >= 4 is 36.2 Å². The second kappa shape index (κ2) is 15.3. The summed E-state index contributed by atoms with van der Waals surface area (Å²) in [6, 6.07) is 27.8. The van der Waals surface area contributed by atoms with Crippen LogP contribution in [0.3, 0.4) is 0 Å². The highest BCUT2D eigenvalue weighted by molar-refractivity contribution is 6.74. The average molecular weight is 668 g/mol. The minimum Gasteiger partial charge on any atom is -0.493 e. The molecular formula is C39H49N3O5Si. The Labute approximate surface area is 285 Å². The van der Waals surface area contributed by atoms with Crippen LogP contribution in [0.1, 0.15) is 63.0 Å². The number of nitrogens with zero attached hydrogens (tertiary/aromatic N) is 2. The summed E-state index contributed by atoms with van der Waals surface area (Å²) in [5.41, 5.74) is 3.84. The number of carbonyl (C=O) groups is 1. The molecule has 0 aliphatic rings. The molecule has 1 N–H and O–H groups in total. The number of rotatable bonds is 14. The molecule has 0 radical (unpaired) electrons. The largest absolute Gasteiger partial charge is 0.493 e. The molecular weight excluding hydrogens is 619 g/mol. The molecule has 0 aliphatic carbocycles. The highest BCUT2D eigenvalue weighted by Gasteiger charge is 2.36. The van der Waals surface area contributed by atoms with Gasteiger partial charge in [0.1, 0.15) is 12.4 Å². The fourth-order valence-corrected chi connectivity index (χ4v) is 6.73. The summed E-state index contributed by atoms with van der Waals surface area (Å²) in [6.45, 7) is 12.7. The predicted octanol–water partition coefficient (Wildman–Crippen LogP) is 9.41. The van der Waals surface area contributed by atoms with Gasteiger partial charge >= 0.3 is 6.09 Å². The second-order valence-electron chi connectivity index (χ2n) is 13.8. The Balaban J connectivity index is 1.48. The van der Waals surface area contributed by atoms with Crippen molar-refractivity contribution < 1.29 is 23.4 Å². The summed E-state index contributed by atoms with van der Waals surface area (Å²) < 4.78 is 25.5. The summed E-state index contributed by atoms with van der Waals surface area (Å²) in [6.07, 6.45) is 1.92. The van der Waals surface area contributed by atoms with Crippen molar-refractivity contribution in [1.29, 1.82) is 0 Å². The van der Waals surface area contributed by atoms with Crippen molar-refractivity contribution in [2.75, 3.05) is 20.8 Å². The van der Waals surface area contributed by atoms with Crippen LogP contribution in [-0.2, 0) is 22.3 Å². The van der Waals surface area contributed by atoms with E-state index in [1.165, 1.54) is 0 Å². The third-order valence-electron chi connectivity index (χ3n) is 9.43. The van der Waals surface area contributed by atoms with Crippen LogP contribution in [0.5, 0.6) is 11.5 Å². The van der Waals surface area contributed by atoms with Gasteiger partial charge in [0.15, 0.2) is 19.8 Å². The van der Waals surface area contributed by atoms with E-state index in [0.29, 0.717) is 31.1 Å². The number of hydrogen-bond donors (Lipinski definition) is 1. The number of hydrogen-bond acceptors (Lipinski definition) is 6. The highest BCUT2D eigenvalue weighted by atomic mass is 28.4. The smallest absolute Gasteiger partial charge is 0.408 e. The van der Waals surface area contributed by atoms with Crippen molar-refractivity contribution in [2.24, 2.45) is 0 Å². The van der Waals surface area contributed by atoms with E-state index in [2.05, 4.69) is 68.0 Å². The van der Waals surface area contributed by atoms with Crippen molar-refractivity contribution in [3.63, 3.8) is 0 Å². The zero-order valence-electron chi connectivity index (χ0n) is 29.3. The second-order valence-corrected chi connectivity index (χ2v) is 18.6.